The van der Waals surface area contributed by atoms with Crippen molar-refractivity contribution in [2.45, 2.75) is 13.3 Å². The van der Waals surface area contributed by atoms with Crippen LogP contribution < -0.4 is 5.48 Å². The average Bonchev–Trinajstić information content (AvgIpc) is 2.15. The molecule has 0 amide bonds. The molecule has 2 nitrogen and oxygen atoms in total. The minimum atomic E-state index is 0.665. The molecular weight excluding hydrogens is 150 g/mol. The number of hydrogen-bond acceptors (Lipinski definition) is 2. The maximum absolute atomic E-state index is 8.59. The molecule has 0 aliphatic heterocycles. The Morgan fingerprint density at radius 1 is 1.50 bits per heavy atom. The fraction of sp³-hybridized carbons (Fsp3) is 0.200. The van der Waals surface area contributed by atoms with Crippen molar-refractivity contribution in [3.8, 4) is 11.8 Å². The molecular formula is C10H11NO. The third kappa shape index (κ3) is 2.30. The van der Waals surface area contributed by atoms with Gasteiger partial charge in [-0.05, 0) is 18.2 Å². The lowest BCUT2D eigenvalue weighted by Gasteiger charge is -1.97. The van der Waals surface area contributed by atoms with E-state index in [4.69, 9.17) is 5.21 Å². The van der Waals surface area contributed by atoms with E-state index in [1.807, 2.05) is 19.1 Å². The van der Waals surface area contributed by atoms with E-state index in [2.05, 4.69) is 17.3 Å². The molecule has 0 bridgehead atoms. The predicted molar refractivity (Wildman–Crippen MR) is 49.0 cm³/mol. The number of rotatable bonds is 1. The smallest absolute Gasteiger partial charge is 0.0614 e. The van der Waals surface area contributed by atoms with Crippen LogP contribution in [0.4, 0.5) is 5.69 Å². The summed E-state index contributed by atoms with van der Waals surface area (Å²) in [7, 11) is 0. The van der Waals surface area contributed by atoms with Crippen LogP contribution in [0.5, 0.6) is 0 Å². The van der Waals surface area contributed by atoms with Gasteiger partial charge in [-0.3, -0.25) is 10.7 Å². The summed E-state index contributed by atoms with van der Waals surface area (Å²) < 4.78 is 0. The Morgan fingerprint density at radius 3 is 3.00 bits per heavy atom. The number of benzene rings is 1. The second kappa shape index (κ2) is 4.42. The first-order valence-electron chi connectivity index (χ1n) is 3.86. The van der Waals surface area contributed by atoms with Crippen molar-refractivity contribution in [1.29, 1.82) is 0 Å². The minimum absolute atomic E-state index is 0.665. The molecule has 1 aromatic carbocycles. The monoisotopic (exact) mass is 161 g/mol. The lowest BCUT2D eigenvalue weighted by Crippen LogP contribution is -1.88. The molecule has 0 heterocycles. The first-order valence-corrected chi connectivity index (χ1v) is 3.86. The fourth-order valence-electron chi connectivity index (χ4n) is 0.857. The summed E-state index contributed by atoms with van der Waals surface area (Å²) in [4.78, 5) is 0. The van der Waals surface area contributed by atoms with Gasteiger partial charge in [0.05, 0.1) is 5.69 Å². The van der Waals surface area contributed by atoms with Crippen LogP contribution >= 0.6 is 0 Å². The Labute approximate surface area is 72.2 Å². The van der Waals surface area contributed by atoms with Gasteiger partial charge in [0.2, 0.25) is 0 Å². The molecule has 0 aromatic heterocycles. The molecule has 0 fully saturated rings. The molecule has 0 atom stereocenters. The van der Waals surface area contributed by atoms with E-state index >= 15 is 0 Å². The minimum Gasteiger partial charge on any atom is -0.291 e. The Morgan fingerprint density at radius 2 is 2.33 bits per heavy atom. The molecule has 0 unspecified atom stereocenters. The Balaban J connectivity index is 2.86. The zero-order valence-electron chi connectivity index (χ0n) is 6.96. The quantitative estimate of drug-likeness (QED) is 0.489. The second-order valence-electron chi connectivity index (χ2n) is 2.35. The van der Waals surface area contributed by atoms with Gasteiger partial charge >= 0.3 is 0 Å². The maximum atomic E-state index is 8.59. The highest BCUT2D eigenvalue weighted by molar-refractivity contribution is 5.48. The van der Waals surface area contributed by atoms with Crippen molar-refractivity contribution in [1.82, 2.24) is 0 Å². The summed E-state index contributed by atoms with van der Waals surface area (Å²) in [6.45, 7) is 2.00. The van der Waals surface area contributed by atoms with Gasteiger partial charge in [0.15, 0.2) is 0 Å². The van der Waals surface area contributed by atoms with Crippen molar-refractivity contribution < 1.29 is 5.21 Å². The van der Waals surface area contributed by atoms with Gasteiger partial charge in [-0.15, -0.1) is 0 Å². The fourth-order valence-corrected chi connectivity index (χ4v) is 0.857. The van der Waals surface area contributed by atoms with Crippen LogP contribution in [-0.4, -0.2) is 5.21 Å². The van der Waals surface area contributed by atoms with E-state index in [1.165, 1.54) is 0 Å². The molecule has 2 N–H and O–H groups in total. The highest BCUT2D eigenvalue weighted by Gasteiger charge is 1.89. The van der Waals surface area contributed by atoms with Crippen LogP contribution in [0.15, 0.2) is 24.3 Å². The van der Waals surface area contributed by atoms with E-state index < -0.39 is 0 Å². The SMILES string of the molecule is CCC#Cc1cccc(NO)c1. The van der Waals surface area contributed by atoms with Gasteiger partial charge in [-0.1, -0.05) is 24.8 Å². The standard InChI is InChI=1S/C10H11NO/c1-2-3-5-9-6-4-7-10(8-9)11-12/h4,6-8,11-12H,2H2,1H3. The highest BCUT2D eigenvalue weighted by Crippen LogP contribution is 2.07. The Bertz CT molecular complexity index is 309. The largest absolute Gasteiger partial charge is 0.291 e. The van der Waals surface area contributed by atoms with Crippen LogP contribution in [-0.2, 0) is 0 Å². The molecule has 0 radical (unpaired) electrons. The van der Waals surface area contributed by atoms with Gasteiger partial charge in [-0.25, -0.2) is 0 Å². The molecule has 0 saturated heterocycles. The van der Waals surface area contributed by atoms with Gasteiger partial charge in [0, 0.05) is 12.0 Å². The molecule has 2 heteroatoms. The Hall–Kier alpha value is -1.46. The molecule has 1 rings (SSSR count). The highest BCUT2D eigenvalue weighted by atomic mass is 16.5. The topological polar surface area (TPSA) is 32.3 Å². The van der Waals surface area contributed by atoms with Gasteiger partial charge in [0.25, 0.3) is 0 Å². The summed E-state index contributed by atoms with van der Waals surface area (Å²) in [5.74, 6) is 5.92. The van der Waals surface area contributed by atoms with Crippen LogP contribution in [0.3, 0.4) is 0 Å². The molecule has 0 spiro atoms. The van der Waals surface area contributed by atoms with Crippen LogP contribution in [0.1, 0.15) is 18.9 Å². The zero-order valence-corrected chi connectivity index (χ0v) is 6.96. The van der Waals surface area contributed by atoms with Gasteiger partial charge in [-0.2, -0.15) is 0 Å². The van der Waals surface area contributed by atoms with Crippen LogP contribution in [0.25, 0.3) is 0 Å². The Kier molecular flexibility index (Phi) is 3.18. The third-order valence-corrected chi connectivity index (χ3v) is 1.40. The summed E-state index contributed by atoms with van der Waals surface area (Å²) in [5.41, 5.74) is 3.65. The number of nitrogens with one attached hydrogen (secondary N) is 1. The number of hydrogen-bond donors (Lipinski definition) is 2. The van der Waals surface area contributed by atoms with E-state index in [9.17, 15) is 0 Å². The van der Waals surface area contributed by atoms with E-state index in [0.29, 0.717) is 5.69 Å². The van der Waals surface area contributed by atoms with Crippen molar-refractivity contribution in [3.05, 3.63) is 29.8 Å². The molecule has 0 aliphatic carbocycles. The second-order valence-corrected chi connectivity index (χ2v) is 2.35. The lowest BCUT2D eigenvalue weighted by atomic mass is 10.2. The van der Waals surface area contributed by atoms with E-state index in [-0.39, 0.29) is 0 Å². The zero-order chi connectivity index (χ0) is 8.81. The molecule has 62 valence electrons. The molecule has 0 saturated carbocycles. The van der Waals surface area contributed by atoms with Crippen molar-refractivity contribution in [2.75, 3.05) is 5.48 Å². The van der Waals surface area contributed by atoms with E-state index in [1.54, 1.807) is 12.1 Å². The average molecular weight is 161 g/mol. The number of anilines is 1. The molecule has 1 aromatic rings. The van der Waals surface area contributed by atoms with Crippen LogP contribution in [0, 0.1) is 11.8 Å². The van der Waals surface area contributed by atoms with Gasteiger partial charge < -0.3 is 0 Å². The summed E-state index contributed by atoms with van der Waals surface area (Å²) >= 11 is 0. The summed E-state index contributed by atoms with van der Waals surface area (Å²) in [6, 6.07) is 7.32. The first-order chi connectivity index (χ1) is 5.86. The normalized spacial score (nSPS) is 8.50. The first kappa shape index (κ1) is 8.63. The van der Waals surface area contributed by atoms with Crippen molar-refractivity contribution in [2.24, 2.45) is 0 Å². The van der Waals surface area contributed by atoms with Crippen LogP contribution in [0.2, 0.25) is 0 Å². The summed E-state index contributed by atoms with van der Waals surface area (Å²) in [5, 5.41) is 8.59. The van der Waals surface area contributed by atoms with E-state index in [0.717, 1.165) is 12.0 Å². The molecule has 0 aliphatic rings. The third-order valence-electron chi connectivity index (χ3n) is 1.40. The lowest BCUT2D eigenvalue weighted by molar-refractivity contribution is 0.389. The molecule has 12 heavy (non-hydrogen) atoms. The van der Waals surface area contributed by atoms with Crippen molar-refractivity contribution >= 4 is 5.69 Å². The van der Waals surface area contributed by atoms with Gasteiger partial charge in [0.1, 0.15) is 0 Å². The van der Waals surface area contributed by atoms with Crippen molar-refractivity contribution in [3.63, 3.8) is 0 Å². The summed E-state index contributed by atoms with van der Waals surface area (Å²) in [6.07, 6.45) is 0.844. The predicted octanol–water partition coefficient (Wildman–Crippen LogP) is 2.25. The maximum Gasteiger partial charge on any atom is 0.0614 e.